The molecule has 0 bridgehead atoms. The Morgan fingerprint density at radius 1 is 1.05 bits per heavy atom. The summed E-state index contributed by atoms with van der Waals surface area (Å²) in [6, 6.07) is 6.90. The van der Waals surface area contributed by atoms with E-state index in [1.165, 1.54) is 55.0 Å². The number of unbranched alkanes of at least 4 members (excludes halogenated alkanes) is 5. The summed E-state index contributed by atoms with van der Waals surface area (Å²) in [7, 11) is 2.05. The molecule has 0 fully saturated rings. The molecule has 1 nitrogen and oxygen atoms in total. The minimum atomic E-state index is 0.452. The Bertz CT molecular complexity index is 366. The van der Waals surface area contributed by atoms with Crippen molar-refractivity contribution in [1.29, 1.82) is 0 Å². The molecule has 0 aliphatic heterocycles. The number of halogens is 2. The third-order valence-corrected chi connectivity index (χ3v) is 4.71. The SMILES string of the molecule is CCCCCCCCC(NC)c1ccc(Br)cc1Br. The summed E-state index contributed by atoms with van der Waals surface area (Å²) in [6.07, 6.45) is 9.35. The molecule has 1 N–H and O–H groups in total. The lowest BCUT2D eigenvalue weighted by atomic mass is 10.00. The van der Waals surface area contributed by atoms with Crippen molar-refractivity contribution in [3.05, 3.63) is 32.7 Å². The van der Waals surface area contributed by atoms with E-state index in [9.17, 15) is 0 Å². The predicted molar refractivity (Wildman–Crippen MR) is 91.6 cm³/mol. The van der Waals surface area contributed by atoms with Crippen LogP contribution >= 0.6 is 31.9 Å². The zero-order chi connectivity index (χ0) is 14.1. The maximum Gasteiger partial charge on any atom is 0.0328 e. The minimum Gasteiger partial charge on any atom is -0.313 e. The van der Waals surface area contributed by atoms with Gasteiger partial charge in [-0.2, -0.15) is 0 Å². The average molecular weight is 391 g/mol. The molecule has 0 amide bonds. The molecule has 0 spiro atoms. The first-order valence-electron chi connectivity index (χ1n) is 7.31. The smallest absolute Gasteiger partial charge is 0.0328 e. The lowest BCUT2D eigenvalue weighted by molar-refractivity contribution is 0.496. The summed E-state index contributed by atoms with van der Waals surface area (Å²) in [5.74, 6) is 0. The van der Waals surface area contributed by atoms with Crippen LogP contribution in [-0.4, -0.2) is 7.05 Å². The molecule has 108 valence electrons. The summed E-state index contributed by atoms with van der Waals surface area (Å²) in [6.45, 7) is 2.27. The molecule has 1 aromatic rings. The largest absolute Gasteiger partial charge is 0.313 e. The molecule has 19 heavy (non-hydrogen) atoms. The molecule has 3 heteroatoms. The van der Waals surface area contributed by atoms with Gasteiger partial charge >= 0.3 is 0 Å². The first-order chi connectivity index (χ1) is 9.19. The third kappa shape index (κ3) is 6.42. The van der Waals surface area contributed by atoms with Gasteiger partial charge in [0.25, 0.3) is 0 Å². The Kier molecular flexibility index (Phi) is 9.01. The van der Waals surface area contributed by atoms with E-state index < -0.39 is 0 Å². The van der Waals surface area contributed by atoms with Crippen molar-refractivity contribution in [2.75, 3.05) is 7.05 Å². The van der Waals surface area contributed by atoms with Crippen LogP contribution in [0.25, 0.3) is 0 Å². The van der Waals surface area contributed by atoms with Crippen LogP contribution in [0.3, 0.4) is 0 Å². The molecule has 0 aliphatic carbocycles. The number of benzene rings is 1. The van der Waals surface area contributed by atoms with E-state index in [-0.39, 0.29) is 0 Å². The van der Waals surface area contributed by atoms with Crippen LogP contribution in [0.4, 0.5) is 0 Å². The van der Waals surface area contributed by atoms with Gasteiger partial charge in [-0.05, 0) is 31.2 Å². The number of hydrogen-bond acceptors (Lipinski definition) is 1. The van der Waals surface area contributed by atoms with E-state index >= 15 is 0 Å². The molecule has 1 rings (SSSR count). The Morgan fingerprint density at radius 3 is 2.37 bits per heavy atom. The Hall–Kier alpha value is 0.140. The fourth-order valence-electron chi connectivity index (χ4n) is 2.37. The third-order valence-electron chi connectivity index (χ3n) is 3.53. The van der Waals surface area contributed by atoms with Crippen molar-refractivity contribution in [2.45, 2.75) is 57.9 Å². The Labute approximate surface area is 134 Å². The molecule has 0 heterocycles. The molecule has 0 radical (unpaired) electrons. The maximum absolute atomic E-state index is 3.66. The number of rotatable bonds is 9. The fourth-order valence-corrected chi connectivity index (χ4v) is 3.69. The fraction of sp³-hybridized carbons (Fsp3) is 0.625. The highest BCUT2D eigenvalue weighted by atomic mass is 79.9. The van der Waals surface area contributed by atoms with E-state index in [2.05, 4.69) is 69.3 Å². The molecule has 1 atom stereocenters. The Morgan fingerprint density at radius 2 is 1.74 bits per heavy atom. The zero-order valence-corrected chi connectivity index (χ0v) is 15.2. The van der Waals surface area contributed by atoms with Crippen LogP contribution in [0.5, 0.6) is 0 Å². The van der Waals surface area contributed by atoms with Gasteiger partial charge in [-0.3, -0.25) is 0 Å². The first kappa shape index (κ1) is 17.2. The Balaban J connectivity index is 2.40. The van der Waals surface area contributed by atoms with Crippen molar-refractivity contribution < 1.29 is 0 Å². The van der Waals surface area contributed by atoms with Crippen LogP contribution in [0.2, 0.25) is 0 Å². The highest BCUT2D eigenvalue weighted by Crippen LogP contribution is 2.29. The second kappa shape index (κ2) is 9.95. The van der Waals surface area contributed by atoms with Gasteiger partial charge in [0.15, 0.2) is 0 Å². The monoisotopic (exact) mass is 389 g/mol. The van der Waals surface area contributed by atoms with Crippen LogP contribution in [0.1, 0.15) is 63.5 Å². The lowest BCUT2D eigenvalue weighted by Crippen LogP contribution is -2.16. The van der Waals surface area contributed by atoms with Gasteiger partial charge in [0.1, 0.15) is 0 Å². The normalized spacial score (nSPS) is 12.6. The van der Waals surface area contributed by atoms with Crippen molar-refractivity contribution in [1.82, 2.24) is 5.32 Å². The molecule has 1 unspecified atom stereocenters. The van der Waals surface area contributed by atoms with Gasteiger partial charge in [0.05, 0.1) is 0 Å². The lowest BCUT2D eigenvalue weighted by Gasteiger charge is -2.18. The second-order valence-corrected chi connectivity index (χ2v) is 6.83. The van der Waals surface area contributed by atoms with E-state index in [4.69, 9.17) is 0 Å². The van der Waals surface area contributed by atoms with Gasteiger partial charge in [-0.25, -0.2) is 0 Å². The standard InChI is InChI=1S/C16H25Br2N/c1-3-4-5-6-7-8-9-16(19-2)14-11-10-13(17)12-15(14)18/h10-12,16,19H,3-9H2,1-2H3. The van der Waals surface area contributed by atoms with Gasteiger partial charge in [-0.15, -0.1) is 0 Å². The highest BCUT2D eigenvalue weighted by molar-refractivity contribution is 9.11. The van der Waals surface area contributed by atoms with Crippen LogP contribution in [0.15, 0.2) is 27.1 Å². The van der Waals surface area contributed by atoms with E-state index in [0.29, 0.717) is 6.04 Å². The summed E-state index contributed by atoms with van der Waals surface area (Å²) < 4.78 is 2.31. The molecule has 0 saturated heterocycles. The van der Waals surface area contributed by atoms with Gasteiger partial charge in [-0.1, -0.05) is 83.4 Å². The molecular weight excluding hydrogens is 366 g/mol. The number of nitrogens with one attached hydrogen (secondary N) is 1. The van der Waals surface area contributed by atoms with Crippen molar-refractivity contribution in [3.8, 4) is 0 Å². The molecule has 0 aliphatic rings. The van der Waals surface area contributed by atoms with E-state index in [0.717, 1.165) is 4.47 Å². The van der Waals surface area contributed by atoms with Crippen LogP contribution in [-0.2, 0) is 0 Å². The van der Waals surface area contributed by atoms with Crippen LogP contribution < -0.4 is 5.32 Å². The van der Waals surface area contributed by atoms with Crippen molar-refractivity contribution in [3.63, 3.8) is 0 Å². The van der Waals surface area contributed by atoms with E-state index in [1.54, 1.807) is 0 Å². The maximum atomic E-state index is 3.66. The summed E-state index contributed by atoms with van der Waals surface area (Å²) in [5, 5.41) is 3.44. The highest BCUT2D eigenvalue weighted by Gasteiger charge is 2.12. The predicted octanol–water partition coefficient (Wildman–Crippen LogP) is 6.22. The topological polar surface area (TPSA) is 12.0 Å². The first-order valence-corrected chi connectivity index (χ1v) is 8.89. The van der Waals surface area contributed by atoms with Gasteiger partial charge in [0.2, 0.25) is 0 Å². The van der Waals surface area contributed by atoms with Crippen molar-refractivity contribution in [2.24, 2.45) is 0 Å². The van der Waals surface area contributed by atoms with Gasteiger partial charge < -0.3 is 5.32 Å². The van der Waals surface area contributed by atoms with Gasteiger partial charge in [0, 0.05) is 15.0 Å². The quantitative estimate of drug-likeness (QED) is 0.493. The summed E-state index contributed by atoms with van der Waals surface area (Å²) >= 11 is 7.17. The average Bonchev–Trinajstić information content (AvgIpc) is 2.39. The van der Waals surface area contributed by atoms with Crippen molar-refractivity contribution >= 4 is 31.9 Å². The molecule has 0 aromatic heterocycles. The van der Waals surface area contributed by atoms with E-state index in [1.807, 2.05) is 0 Å². The summed E-state index contributed by atoms with van der Waals surface area (Å²) in [5.41, 5.74) is 1.36. The number of hydrogen-bond donors (Lipinski definition) is 1. The molecule has 0 saturated carbocycles. The molecular formula is C16H25Br2N. The molecule has 1 aromatic carbocycles. The summed E-state index contributed by atoms with van der Waals surface area (Å²) in [4.78, 5) is 0. The second-order valence-electron chi connectivity index (χ2n) is 5.06. The minimum absolute atomic E-state index is 0.452. The zero-order valence-electron chi connectivity index (χ0n) is 12.0. The van der Waals surface area contributed by atoms with Crippen LogP contribution in [0, 0.1) is 0 Å².